The number of rotatable bonds is 9. The first kappa shape index (κ1) is 32.5. The van der Waals surface area contributed by atoms with Gasteiger partial charge in [0.2, 0.25) is 23.0 Å². The van der Waals surface area contributed by atoms with Gasteiger partial charge < -0.3 is 34.2 Å². The van der Waals surface area contributed by atoms with Crippen LogP contribution in [0.1, 0.15) is 41.6 Å². The van der Waals surface area contributed by atoms with Gasteiger partial charge in [-0.2, -0.15) is 0 Å². The van der Waals surface area contributed by atoms with Crippen LogP contribution in [0.4, 0.5) is 0 Å². The summed E-state index contributed by atoms with van der Waals surface area (Å²) in [6.07, 6.45) is 2.89. The fourth-order valence-corrected chi connectivity index (χ4v) is 7.10. The molecule has 7 rings (SSSR count). The van der Waals surface area contributed by atoms with Crippen molar-refractivity contribution in [1.29, 1.82) is 0 Å². The Bertz CT molecular complexity index is 2320. The highest BCUT2D eigenvalue weighted by Gasteiger charge is 2.31. The van der Waals surface area contributed by atoms with E-state index in [4.69, 9.17) is 18.6 Å². The van der Waals surface area contributed by atoms with Gasteiger partial charge in [-0.05, 0) is 65.4 Å². The number of furan rings is 1. The molecule has 0 saturated heterocycles. The molecule has 0 aliphatic heterocycles. The molecule has 1 aliphatic carbocycles. The zero-order valence-electron chi connectivity index (χ0n) is 28.3. The number of fused-ring (bicyclic) bond motifs is 5. The number of methoxy groups -OCH3 is 3. The van der Waals surface area contributed by atoms with Gasteiger partial charge >= 0.3 is 0 Å². The van der Waals surface area contributed by atoms with Gasteiger partial charge in [-0.15, -0.1) is 0 Å². The number of carbonyl (C=O) groups is 2. The Kier molecular flexibility index (Phi) is 8.76. The Hall–Kier alpha value is -6.03. The Morgan fingerprint density at radius 2 is 1.72 bits per heavy atom. The lowest BCUT2D eigenvalue weighted by atomic mass is 9.94. The van der Waals surface area contributed by atoms with Crippen molar-refractivity contribution >= 4 is 33.7 Å². The number of aryl methyl sites for hydroxylation is 1. The summed E-state index contributed by atoms with van der Waals surface area (Å²) in [5.74, 6) is 1.31. The van der Waals surface area contributed by atoms with Crippen molar-refractivity contribution in [3.63, 3.8) is 0 Å². The summed E-state index contributed by atoms with van der Waals surface area (Å²) in [4.78, 5) is 43.6. The molecule has 1 atom stereocenters. The van der Waals surface area contributed by atoms with Crippen LogP contribution in [0.15, 0.2) is 88.2 Å². The Labute approximate surface area is 288 Å². The van der Waals surface area contributed by atoms with Crippen molar-refractivity contribution in [2.45, 2.75) is 38.8 Å². The second-order valence-corrected chi connectivity index (χ2v) is 12.3. The number of ether oxygens (including phenoxy) is 3. The van der Waals surface area contributed by atoms with E-state index in [9.17, 15) is 14.4 Å². The molecule has 2 aromatic heterocycles. The molecule has 2 heterocycles. The van der Waals surface area contributed by atoms with Gasteiger partial charge in [-0.3, -0.25) is 14.4 Å². The Balaban J connectivity index is 1.45. The fourth-order valence-electron chi connectivity index (χ4n) is 7.10. The molecular weight excluding hydrogens is 634 g/mol. The Morgan fingerprint density at radius 1 is 0.920 bits per heavy atom. The molecule has 10 heteroatoms. The highest BCUT2D eigenvalue weighted by molar-refractivity contribution is 5.96. The van der Waals surface area contributed by atoms with Crippen molar-refractivity contribution in [2.75, 3.05) is 21.3 Å². The maximum Gasteiger partial charge on any atom is 0.224 e. The average molecular weight is 672 g/mol. The molecule has 1 aliphatic rings. The van der Waals surface area contributed by atoms with E-state index >= 15 is 0 Å². The predicted molar refractivity (Wildman–Crippen MR) is 192 cm³/mol. The van der Waals surface area contributed by atoms with Crippen molar-refractivity contribution in [1.82, 2.24) is 15.6 Å². The number of H-pyrrole nitrogens is 1. The smallest absolute Gasteiger partial charge is 0.224 e. The van der Waals surface area contributed by atoms with E-state index in [1.54, 1.807) is 21.3 Å². The molecule has 10 nitrogen and oxygen atoms in total. The molecule has 3 N–H and O–H groups in total. The number of aromatic amines is 1. The standard InChI is InChI=1S/C40H37N3O7/c1-22(44)43-32-14-13-24-17-34(47-2)39(48-3)40(49-4)36(24)28-18-29-30(20-35(46)42-21-25-11-8-12-31-26(25)15-16-41-31)37(23-9-6-5-7-10-23)50-38(29)33(45)19-27(28)32/h5-12,15-19,32,41H,13-14,20-21H2,1-4H3,(H,42,46)(H,43,44)/t32-/m0/s1. The monoisotopic (exact) mass is 671 g/mol. The van der Waals surface area contributed by atoms with E-state index in [2.05, 4.69) is 15.6 Å². The summed E-state index contributed by atoms with van der Waals surface area (Å²) < 4.78 is 23.9. The molecule has 6 aromatic rings. The van der Waals surface area contributed by atoms with Crippen LogP contribution in [0.2, 0.25) is 0 Å². The third-order valence-corrected chi connectivity index (χ3v) is 9.33. The van der Waals surface area contributed by atoms with Crippen LogP contribution in [0.25, 0.3) is 44.3 Å². The number of hydrogen-bond acceptors (Lipinski definition) is 7. The molecule has 0 unspecified atom stereocenters. The number of carbonyl (C=O) groups excluding carboxylic acids is 2. The molecule has 0 spiro atoms. The lowest BCUT2D eigenvalue weighted by Crippen LogP contribution is -2.26. The minimum Gasteiger partial charge on any atom is -0.493 e. The summed E-state index contributed by atoms with van der Waals surface area (Å²) in [7, 11) is 4.66. The average Bonchev–Trinajstić information content (AvgIpc) is 3.68. The largest absolute Gasteiger partial charge is 0.493 e. The van der Waals surface area contributed by atoms with Gasteiger partial charge in [-0.1, -0.05) is 42.5 Å². The van der Waals surface area contributed by atoms with E-state index in [-0.39, 0.29) is 29.2 Å². The summed E-state index contributed by atoms with van der Waals surface area (Å²) in [6.45, 7) is 1.78. The van der Waals surface area contributed by atoms with E-state index in [1.165, 1.54) is 13.0 Å². The Morgan fingerprint density at radius 3 is 2.46 bits per heavy atom. The second-order valence-electron chi connectivity index (χ2n) is 12.3. The fraction of sp³-hybridized carbons (Fsp3) is 0.225. The topological polar surface area (TPSA) is 132 Å². The number of benzene rings is 3. The van der Waals surface area contributed by atoms with Crippen molar-refractivity contribution in [3.8, 4) is 39.7 Å². The zero-order valence-corrected chi connectivity index (χ0v) is 28.3. The summed E-state index contributed by atoms with van der Waals surface area (Å²) in [5, 5.41) is 7.64. The molecule has 50 heavy (non-hydrogen) atoms. The van der Waals surface area contributed by atoms with Crippen LogP contribution >= 0.6 is 0 Å². The van der Waals surface area contributed by atoms with Crippen LogP contribution in [-0.2, 0) is 29.0 Å². The van der Waals surface area contributed by atoms with Crippen molar-refractivity contribution < 1.29 is 28.2 Å². The number of hydrogen-bond donors (Lipinski definition) is 3. The van der Waals surface area contributed by atoms with Gasteiger partial charge in [0.25, 0.3) is 0 Å². The SMILES string of the molecule is COc1cc2c(c(OC)c1OC)-c1cc3c(CC(=O)NCc4cccc5[nH]ccc45)c(-c4ccccc4)oc3c(=O)cc1[C@@H](NC(C)=O)CC2. The second kappa shape index (κ2) is 13.5. The van der Waals surface area contributed by atoms with Gasteiger partial charge in [0.1, 0.15) is 5.76 Å². The zero-order chi connectivity index (χ0) is 34.9. The normalized spacial score (nSPS) is 13.6. The highest BCUT2D eigenvalue weighted by atomic mass is 16.5. The van der Waals surface area contributed by atoms with Crippen molar-refractivity contribution in [3.05, 3.63) is 111 Å². The third-order valence-electron chi connectivity index (χ3n) is 9.33. The molecule has 0 bridgehead atoms. The summed E-state index contributed by atoms with van der Waals surface area (Å²) in [5.41, 5.74) is 5.88. The first-order valence-corrected chi connectivity index (χ1v) is 16.4. The summed E-state index contributed by atoms with van der Waals surface area (Å²) >= 11 is 0. The van der Waals surface area contributed by atoms with E-state index in [1.807, 2.05) is 72.9 Å². The predicted octanol–water partition coefficient (Wildman–Crippen LogP) is 6.62. The van der Waals surface area contributed by atoms with Crippen LogP contribution in [0.3, 0.4) is 0 Å². The van der Waals surface area contributed by atoms with Crippen molar-refractivity contribution in [2.24, 2.45) is 0 Å². The molecule has 254 valence electrons. The number of amides is 2. The molecule has 0 saturated carbocycles. The highest BCUT2D eigenvalue weighted by Crippen LogP contribution is 2.51. The third kappa shape index (κ3) is 5.83. The number of aromatic nitrogens is 1. The lowest BCUT2D eigenvalue weighted by Gasteiger charge is -2.20. The van der Waals surface area contributed by atoms with Gasteiger partial charge in [0.05, 0.1) is 33.8 Å². The van der Waals surface area contributed by atoms with Gasteiger partial charge in [0, 0.05) is 52.6 Å². The maximum atomic E-state index is 14.2. The molecule has 2 amide bonds. The van der Waals surface area contributed by atoms with E-state index in [0.29, 0.717) is 70.0 Å². The van der Waals surface area contributed by atoms with Crippen LogP contribution < -0.4 is 30.3 Å². The molecular formula is C40H37N3O7. The molecule has 0 fully saturated rings. The molecule has 0 radical (unpaired) electrons. The quantitative estimate of drug-likeness (QED) is 0.158. The van der Waals surface area contributed by atoms with Crippen LogP contribution in [0, 0.1) is 0 Å². The summed E-state index contributed by atoms with van der Waals surface area (Å²) in [6, 6.07) is 22.2. The molecule has 4 aromatic carbocycles. The first-order chi connectivity index (χ1) is 24.3. The van der Waals surface area contributed by atoms with Crippen LogP contribution in [0.5, 0.6) is 17.2 Å². The van der Waals surface area contributed by atoms with E-state index in [0.717, 1.165) is 27.6 Å². The van der Waals surface area contributed by atoms with Gasteiger partial charge in [0.15, 0.2) is 17.1 Å². The number of nitrogens with one attached hydrogen (secondary N) is 3. The van der Waals surface area contributed by atoms with Crippen LogP contribution in [-0.4, -0.2) is 38.1 Å². The minimum absolute atomic E-state index is 0.0520. The first-order valence-electron chi connectivity index (χ1n) is 16.4. The van der Waals surface area contributed by atoms with Gasteiger partial charge in [-0.25, -0.2) is 0 Å². The maximum absolute atomic E-state index is 14.2. The lowest BCUT2D eigenvalue weighted by molar-refractivity contribution is -0.121. The minimum atomic E-state index is -0.489. The van der Waals surface area contributed by atoms with E-state index < -0.39 is 6.04 Å².